The standard InChI is InChI=1S/C23H26N6O3/c1-14(2)31-17-5-3-15(4-6-17)11-21-27-22(28-32-21)18-13-25-29-19(12-20(30)26-23(18)29)16-7-9-24-10-8-16/h3-6,12-14,16,24H,7-11H2,1-2H3,(H,26,30). The Labute approximate surface area is 184 Å². The molecule has 0 unspecified atom stereocenters. The Morgan fingerprint density at radius 1 is 1.22 bits per heavy atom. The van der Waals surface area contributed by atoms with Gasteiger partial charge in [-0.15, -0.1) is 0 Å². The molecule has 1 aliphatic rings. The monoisotopic (exact) mass is 434 g/mol. The van der Waals surface area contributed by atoms with Crippen molar-refractivity contribution in [3.63, 3.8) is 0 Å². The average molecular weight is 435 g/mol. The summed E-state index contributed by atoms with van der Waals surface area (Å²) in [4.78, 5) is 19.8. The maximum atomic E-state index is 12.4. The molecule has 1 saturated heterocycles. The lowest BCUT2D eigenvalue weighted by molar-refractivity contribution is 0.242. The minimum atomic E-state index is -0.153. The van der Waals surface area contributed by atoms with Crippen LogP contribution >= 0.6 is 0 Å². The van der Waals surface area contributed by atoms with E-state index in [2.05, 4.69) is 25.5 Å². The van der Waals surface area contributed by atoms with E-state index in [0.29, 0.717) is 29.3 Å². The summed E-state index contributed by atoms with van der Waals surface area (Å²) in [7, 11) is 0. The first-order valence-electron chi connectivity index (χ1n) is 11.0. The Balaban J connectivity index is 1.41. The molecule has 166 valence electrons. The number of piperidine rings is 1. The van der Waals surface area contributed by atoms with Crippen molar-refractivity contribution in [2.75, 3.05) is 13.1 Å². The van der Waals surface area contributed by atoms with Crippen molar-refractivity contribution in [3.05, 3.63) is 64.0 Å². The highest BCUT2D eigenvalue weighted by molar-refractivity contribution is 5.71. The van der Waals surface area contributed by atoms with Crippen LogP contribution in [0.25, 0.3) is 17.0 Å². The van der Waals surface area contributed by atoms with E-state index in [1.165, 1.54) is 0 Å². The van der Waals surface area contributed by atoms with E-state index in [1.54, 1.807) is 16.8 Å². The smallest absolute Gasteiger partial charge is 0.251 e. The van der Waals surface area contributed by atoms with Crippen LogP contribution in [0.5, 0.6) is 5.75 Å². The van der Waals surface area contributed by atoms with Gasteiger partial charge >= 0.3 is 0 Å². The fourth-order valence-corrected chi connectivity index (χ4v) is 4.15. The molecule has 0 spiro atoms. The van der Waals surface area contributed by atoms with Gasteiger partial charge in [0.25, 0.3) is 5.56 Å². The third-order valence-corrected chi connectivity index (χ3v) is 5.65. The number of rotatable bonds is 6. The summed E-state index contributed by atoms with van der Waals surface area (Å²) in [5.74, 6) is 2.02. The second-order valence-corrected chi connectivity index (χ2v) is 8.40. The Kier molecular flexibility index (Phi) is 5.48. The first-order chi connectivity index (χ1) is 15.6. The third-order valence-electron chi connectivity index (χ3n) is 5.65. The number of nitrogens with one attached hydrogen (secondary N) is 2. The molecule has 3 aromatic heterocycles. The SMILES string of the molecule is CC(C)Oc1ccc(Cc2nc(-c3cnn4c(C5CCNCC5)cc(=O)[nH]c34)no2)cc1. The Morgan fingerprint density at radius 3 is 2.75 bits per heavy atom. The summed E-state index contributed by atoms with van der Waals surface area (Å²) in [5, 5.41) is 12.0. The van der Waals surface area contributed by atoms with E-state index >= 15 is 0 Å². The molecule has 32 heavy (non-hydrogen) atoms. The van der Waals surface area contributed by atoms with Gasteiger partial charge in [0, 0.05) is 12.0 Å². The van der Waals surface area contributed by atoms with Gasteiger partial charge in [0.15, 0.2) is 0 Å². The van der Waals surface area contributed by atoms with Crippen LogP contribution in [-0.2, 0) is 6.42 Å². The normalized spacial score (nSPS) is 15.0. The number of hydrogen-bond acceptors (Lipinski definition) is 7. The predicted octanol–water partition coefficient (Wildman–Crippen LogP) is 2.92. The van der Waals surface area contributed by atoms with Crippen molar-refractivity contribution in [1.82, 2.24) is 30.1 Å². The van der Waals surface area contributed by atoms with Crippen molar-refractivity contribution < 1.29 is 9.26 Å². The summed E-state index contributed by atoms with van der Waals surface area (Å²) < 4.78 is 13.0. The molecule has 2 N–H and O–H groups in total. The second kappa shape index (κ2) is 8.58. The van der Waals surface area contributed by atoms with Gasteiger partial charge in [-0.25, -0.2) is 4.52 Å². The van der Waals surface area contributed by atoms with Crippen molar-refractivity contribution >= 4 is 5.65 Å². The lowest BCUT2D eigenvalue weighted by Gasteiger charge is -2.23. The zero-order valence-electron chi connectivity index (χ0n) is 18.2. The van der Waals surface area contributed by atoms with E-state index < -0.39 is 0 Å². The van der Waals surface area contributed by atoms with Crippen molar-refractivity contribution in [1.29, 1.82) is 0 Å². The van der Waals surface area contributed by atoms with Gasteiger partial charge in [0.2, 0.25) is 11.7 Å². The number of hydrogen-bond donors (Lipinski definition) is 2. The molecule has 9 heteroatoms. The van der Waals surface area contributed by atoms with Crippen LogP contribution in [0.4, 0.5) is 0 Å². The van der Waals surface area contributed by atoms with Crippen LogP contribution < -0.4 is 15.6 Å². The van der Waals surface area contributed by atoms with Crippen molar-refractivity contribution in [3.8, 4) is 17.1 Å². The van der Waals surface area contributed by atoms with E-state index in [-0.39, 0.29) is 17.6 Å². The van der Waals surface area contributed by atoms with Crippen LogP contribution in [0.2, 0.25) is 0 Å². The topological polar surface area (TPSA) is 110 Å². The van der Waals surface area contributed by atoms with Crippen LogP contribution in [0, 0.1) is 0 Å². The lowest BCUT2D eigenvalue weighted by atomic mass is 9.94. The molecule has 0 amide bonds. The summed E-state index contributed by atoms with van der Waals surface area (Å²) in [6.07, 6.45) is 4.27. The first kappa shape index (κ1) is 20.4. The molecule has 1 aliphatic heterocycles. The molecular formula is C23H26N6O3. The van der Waals surface area contributed by atoms with Gasteiger partial charge in [0.1, 0.15) is 11.4 Å². The zero-order chi connectivity index (χ0) is 22.1. The predicted molar refractivity (Wildman–Crippen MR) is 119 cm³/mol. The highest BCUT2D eigenvalue weighted by atomic mass is 16.5. The molecular weight excluding hydrogens is 408 g/mol. The molecule has 1 fully saturated rings. The first-order valence-corrected chi connectivity index (χ1v) is 11.0. The molecule has 1 aromatic carbocycles. The molecule has 0 bridgehead atoms. The molecule has 0 aliphatic carbocycles. The molecule has 4 aromatic rings. The summed E-state index contributed by atoms with van der Waals surface area (Å²) >= 11 is 0. The lowest BCUT2D eigenvalue weighted by Crippen LogP contribution is -2.28. The summed E-state index contributed by atoms with van der Waals surface area (Å²) in [5.41, 5.74) is 3.05. The number of benzene rings is 1. The minimum absolute atomic E-state index is 0.131. The number of H-pyrrole nitrogens is 1. The largest absolute Gasteiger partial charge is 0.491 e. The van der Waals surface area contributed by atoms with E-state index in [9.17, 15) is 4.79 Å². The van der Waals surface area contributed by atoms with Gasteiger partial charge < -0.3 is 19.6 Å². The fraction of sp³-hybridized carbons (Fsp3) is 0.391. The highest BCUT2D eigenvalue weighted by Crippen LogP contribution is 2.27. The van der Waals surface area contributed by atoms with Crippen LogP contribution in [0.15, 0.2) is 45.8 Å². The summed E-state index contributed by atoms with van der Waals surface area (Å²) in [6, 6.07) is 9.49. The van der Waals surface area contributed by atoms with Crippen molar-refractivity contribution in [2.24, 2.45) is 0 Å². The maximum Gasteiger partial charge on any atom is 0.251 e. The Bertz CT molecular complexity index is 1270. The molecule has 5 rings (SSSR count). The van der Waals surface area contributed by atoms with E-state index in [4.69, 9.17) is 9.26 Å². The van der Waals surface area contributed by atoms with Gasteiger partial charge in [0.05, 0.1) is 30.0 Å². The third kappa shape index (κ3) is 4.16. The van der Waals surface area contributed by atoms with E-state index in [1.807, 2.05) is 38.1 Å². The fourth-order valence-electron chi connectivity index (χ4n) is 4.15. The zero-order valence-corrected chi connectivity index (χ0v) is 18.2. The number of fused-ring (bicyclic) bond motifs is 1. The Morgan fingerprint density at radius 2 is 2.00 bits per heavy atom. The van der Waals surface area contributed by atoms with Crippen LogP contribution in [-0.4, -0.2) is 43.9 Å². The van der Waals surface area contributed by atoms with E-state index in [0.717, 1.165) is 42.9 Å². The molecule has 0 saturated carbocycles. The van der Waals surface area contributed by atoms with Gasteiger partial charge in [-0.2, -0.15) is 10.1 Å². The Hall–Kier alpha value is -3.46. The van der Waals surface area contributed by atoms with Crippen molar-refractivity contribution in [2.45, 2.75) is 45.1 Å². The minimum Gasteiger partial charge on any atom is -0.491 e. The van der Waals surface area contributed by atoms with Crippen LogP contribution in [0.3, 0.4) is 0 Å². The number of aromatic amines is 1. The van der Waals surface area contributed by atoms with Crippen LogP contribution in [0.1, 0.15) is 49.8 Å². The quantitative estimate of drug-likeness (QED) is 0.480. The average Bonchev–Trinajstić information content (AvgIpc) is 3.41. The van der Waals surface area contributed by atoms with Gasteiger partial charge in [-0.3, -0.25) is 4.79 Å². The highest BCUT2D eigenvalue weighted by Gasteiger charge is 2.22. The maximum absolute atomic E-state index is 12.4. The molecule has 9 nitrogen and oxygen atoms in total. The number of ether oxygens (including phenoxy) is 1. The van der Waals surface area contributed by atoms with Gasteiger partial charge in [-0.1, -0.05) is 17.3 Å². The summed E-state index contributed by atoms with van der Waals surface area (Å²) in [6.45, 7) is 5.87. The van der Waals surface area contributed by atoms with Gasteiger partial charge in [-0.05, 0) is 57.5 Å². The second-order valence-electron chi connectivity index (χ2n) is 8.40. The number of aromatic nitrogens is 5. The molecule has 4 heterocycles. The molecule has 0 atom stereocenters. The molecule has 0 radical (unpaired) electrons. The number of nitrogens with zero attached hydrogens (tertiary/aromatic N) is 4.